The minimum Gasteiger partial charge on any atom is -0.322 e. The number of carbonyl (C=O) groups excluding carboxylic acids is 1. The van der Waals surface area contributed by atoms with E-state index in [9.17, 15) is 4.79 Å². The highest BCUT2D eigenvalue weighted by molar-refractivity contribution is 6.36. The summed E-state index contributed by atoms with van der Waals surface area (Å²) in [6, 6.07) is 13.9. The lowest BCUT2D eigenvalue weighted by atomic mass is 10.2. The maximum absolute atomic E-state index is 12.2. The third-order valence-corrected chi connectivity index (χ3v) is 3.63. The largest absolute Gasteiger partial charge is 0.322 e. The maximum Gasteiger partial charge on any atom is 0.257 e. The molecule has 0 radical (unpaired) electrons. The Hall–Kier alpha value is -2.30. The first-order valence-electron chi connectivity index (χ1n) is 6.50. The number of amides is 1. The Morgan fingerprint density at radius 1 is 1.09 bits per heavy atom. The van der Waals surface area contributed by atoms with E-state index in [1.165, 1.54) is 6.07 Å². The third kappa shape index (κ3) is 3.13. The molecule has 0 unspecified atom stereocenters. The number of aromatic nitrogens is 2. The van der Waals surface area contributed by atoms with Gasteiger partial charge in [-0.3, -0.25) is 4.79 Å². The highest BCUT2D eigenvalue weighted by Gasteiger charge is 2.11. The number of halogens is 2. The number of rotatable bonds is 3. The molecule has 3 rings (SSSR count). The van der Waals surface area contributed by atoms with Crippen LogP contribution in [-0.4, -0.2) is 15.7 Å². The van der Waals surface area contributed by atoms with Gasteiger partial charge in [-0.25, -0.2) is 4.68 Å². The third-order valence-electron chi connectivity index (χ3n) is 3.07. The van der Waals surface area contributed by atoms with Gasteiger partial charge in [0, 0.05) is 23.1 Å². The smallest absolute Gasteiger partial charge is 0.257 e. The molecule has 0 bridgehead atoms. The van der Waals surface area contributed by atoms with Crippen molar-refractivity contribution in [1.82, 2.24) is 9.78 Å². The van der Waals surface area contributed by atoms with E-state index in [4.69, 9.17) is 23.2 Å². The van der Waals surface area contributed by atoms with Crippen molar-refractivity contribution in [2.24, 2.45) is 0 Å². The maximum atomic E-state index is 12.2. The lowest BCUT2D eigenvalue weighted by Gasteiger charge is -2.08. The van der Waals surface area contributed by atoms with Gasteiger partial charge in [0.05, 0.1) is 16.3 Å². The van der Waals surface area contributed by atoms with E-state index in [1.807, 2.05) is 24.4 Å². The summed E-state index contributed by atoms with van der Waals surface area (Å²) in [6.45, 7) is 0. The fourth-order valence-electron chi connectivity index (χ4n) is 1.99. The van der Waals surface area contributed by atoms with Gasteiger partial charge in [-0.15, -0.1) is 0 Å². The summed E-state index contributed by atoms with van der Waals surface area (Å²) in [7, 11) is 0. The van der Waals surface area contributed by atoms with Crippen molar-refractivity contribution in [2.75, 3.05) is 5.32 Å². The molecule has 2 aromatic carbocycles. The first kappa shape index (κ1) is 14.6. The second kappa shape index (κ2) is 6.22. The van der Waals surface area contributed by atoms with E-state index in [1.54, 1.807) is 35.1 Å². The fraction of sp³-hybridized carbons (Fsp3) is 0. The van der Waals surface area contributed by atoms with E-state index in [-0.39, 0.29) is 5.91 Å². The summed E-state index contributed by atoms with van der Waals surface area (Å²) in [5.41, 5.74) is 1.91. The number of anilines is 1. The first-order valence-corrected chi connectivity index (χ1v) is 7.25. The van der Waals surface area contributed by atoms with Crippen LogP contribution in [0.1, 0.15) is 10.4 Å². The number of nitrogens with zero attached hydrogens (tertiary/aromatic N) is 2. The molecule has 0 saturated carbocycles. The molecule has 22 heavy (non-hydrogen) atoms. The van der Waals surface area contributed by atoms with Gasteiger partial charge in [-0.05, 0) is 48.5 Å². The van der Waals surface area contributed by atoms with Crippen LogP contribution in [-0.2, 0) is 0 Å². The van der Waals surface area contributed by atoms with Gasteiger partial charge in [0.2, 0.25) is 0 Å². The Morgan fingerprint density at radius 2 is 1.86 bits per heavy atom. The molecule has 0 fully saturated rings. The molecule has 0 aliphatic heterocycles. The van der Waals surface area contributed by atoms with Crippen LogP contribution < -0.4 is 5.32 Å². The lowest BCUT2D eigenvalue weighted by Crippen LogP contribution is -2.12. The number of hydrogen-bond donors (Lipinski definition) is 1. The molecule has 3 aromatic rings. The van der Waals surface area contributed by atoms with E-state index >= 15 is 0 Å². The first-order chi connectivity index (χ1) is 10.6. The average Bonchev–Trinajstić information content (AvgIpc) is 3.05. The predicted molar refractivity (Wildman–Crippen MR) is 88.0 cm³/mol. The molecule has 110 valence electrons. The average molecular weight is 332 g/mol. The Balaban J connectivity index is 1.78. The van der Waals surface area contributed by atoms with Crippen LogP contribution >= 0.6 is 23.2 Å². The molecule has 0 aliphatic rings. The molecule has 4 nitrogen and oxygen atoms in total. The molecule has 1 aromatic heterocycles. The highest BCUT2D eigenvalue weighted by Crippen LogP contribution is 2.22. The van der Waals surface area contributed by atoms with Gasteiger partial charge in [0.25, 0.3) is 5.91 Å². The van der Waals surface area contributed by atoms with Crippen molar-refractivity contribution in [3.63, 3.8) is 0 Å². The van der Waals surface area contributed by atoms with Crippen molar-refractivity contribution < 1.29 is 4.79 Å². The SMILES string of the molecule is O=C(Nc1ccc(-n2cccn2)cc1)c1cc(Cl)ccc1Cl. The summed E-state index contributed by atoms with van der Waals surface area (Å²) >= 11 is 11.9. The van der Waals surface area contributed by atoms with E-state index in [0.717, 1.165) is 5.69 Å². The van der Waals surface area contributed by atoms with Crippen LogP contribution in [0, 0.1) is 0 Å². The summed E-state index contributed by atoms with van der Waals surface area (Å²) in [5, 5.41) is 7.75. The zero-order valence-electron chi connectivity index (χ0n) is 11.3. The van der Waals surface area contributed by atoms with Crippen molar-refractivity contribution in [1.29, 1.82) is 0 Å². The van der Waals surface area contributed by atoms with Crippen LogP contribution in [0.25, 0.3) is 5.69 Å². The Kier molecular flexibility index (Phi) is 4.13. The quantitative estimate of drug-likeness (QED) is 0.771. The second-order valence-corrected chi connectivity index (χ2v) is 5.42. The van der Waals surface area contributed by atoms with E-state index in [0.29, 0.717) is 21.3 Å². The molecule has 1 heterocycles. The van der Waals surface area contributed by atoms with Crippen LogP contribution in [0.3, 0.4) is 0 Å². The minimum atomic E-state index is -0.306. The summed E-state index contributed by atoms with van der Waals surface area (Å²) < 4.78 is 1.74. The van der Waals surface area contributed by atoms with Gasteiger partial charge >= 0.3 is 0 Å². The molecular weight excluding hydrogens is 321 g/mol. The molecule has 1 amide bonds. The Bertz CT molecular complexity index is 799. The summed E-state index contributed by atoms with van der Waals surface area (Å²) in [6.07, 6.45) is 3.55. The molecule has 0 spiro atoms. The second-order valence-electron chi connectivity index (χ2n) is 4.58. The van der Waals surface area contributed by atoms with E-state index in [2.05, 4.69) is 10.4 Å². The lowest BCUT2D eigenvalue weighted by molar-refractivity contribution is 0.102. The van der Waals surface area contributed by atoms with Gasteiger partial charge in [0.1, 0.15) is 0 Å². The van der Waals surface area contributed by atoms with Crippen molar-refractivity contribution in [3.8, 4) is 5.69 Å². The van der Waals surface area contributed by atoms with E-state index < -0.39 is 0 Å². The topological polar surface area (TPSA) is 46.9 Å². The molecular formula is C16H11Cl2N3O. The molecule has 0 atom stereocenters. The van der Waals surface area contributed by atoms with Gasteiger partial charge in [0.15, 0.2) is 0 Å². The normalized spacial score (nSPS) is 10.5. The van der Waals surface area contributed by atoms with Crippen LogP contribution in [0.2, 0.25) is 10.0 Å². The van der Waals surface area contributed by atoms with Gasteiger partial charge < -0.3 is 5.32 Å². The highest BCUT2D eigenvalue weighted by atomic mass is 35.5. The molecule has 6 heteroatoms. The van der Waals surface area contributed by atoms with Crippen LogP contribution in [0.5, 0.6) is 0 Å². The molecule has 0 aliphatic carbocycles. The fourth-order valence-corrected chi connectivity index (χ4v) is 2.36. The molecule has 1 N–H and O–H groups in total. The van der Waals surface area contributed by atoms with Crippen LogP contribution in [0.15, 0.2) is 60.9 Å². The number of benzene rings is 2. The van der Waals surface area contributed by atoms with Gasteiger partial charge in [-0.1, -0.05) is 23.2 Å². The standard InChI is InChI=1S/C16H11Cl2N3O/c17-11-2-7-15(18)14(10-11)16(22)20-12-3-5-13(6-4-12)21-9-1-8-19-21/h1-10H,(H,20,22). The molecule has 0 saturated heterocycles. The van der Waals surface area contributed by atoms with Crippen molar-refractivity contribution in [2.45, 2.75) is 0 Å². The van der Waals surface area contributed by atoms with Crippen molar-refractivity contribution in [3.05, 3.63) is 76.5 Å². The number of nitrogens with one attached hydrogen (secondary N) is 1. The summed E-state index contributed by atoms with van der Waals surface area (Å²) in [4.78, 5) is 12.2. The minimum absolute atomic E-state index is 0.306. The zero-order valence-corrected chi connectivity index (χ0v) is 12.8. The monoisotopic (exact) mass is 331 g/mol. The zero-order chi connectivity index (χ0) is 15.5. The summed E-state index contributed by atoms with van der Waals surface area (Å²) in [5.74, 6) is -0.306. The Morgan fingerprint density at radius 3 is 2.55 bits per heavy atom. The number of hydrogen-bond acceptors (Lipinski definition) is 2. The number of carbonyl (C=O) groups is 1. The van der Waals surface area contributed by atoms with Crippen LogP contribution in [0.4, 0.5) is 5.69 Å². The Labute approximate surface area is 137 Å². The van der Waals surface area contributed by atoms with Crippen molar-refractivity contribution >= 4 is 34.8 Å². The predicted octanol–water partition coefficient (Wildman–Crippen LogP) is 4.43. The van der Waals surface area contributed by atoms with Gasteiger partial charge in [-0.2, -0.15) is 5.10 Å².